The van der Waals surface area contributed by atoms with Crippen LogP contribution in [0.25, 0.3) is 0 Å². The van der Waals surface area contributed by atoms with Crippen molar-refractivity contribution in [2.24, 2.45) is 17.8 Å². The highest BCUT2D eigenvalue weighted by Gasteiger charge is 2.41. The fourth-order valence-electron chi connectivity index (χ4n) is 5.16. The van der Waals surface area contributed by atoms with Gasteiger partial charge >= 0.3 is 0 Å². The molecule has 1 N–H and O–H groups in total. The Hall–Kier alpha value is -1.10. The molecule has 1 aliphatic carbocycles. The number of fused-ring (bicyclic) bond motifs is 1. The highest BCUT2D eigenvalue weighted by Crippen LogP contribution is 2.32. The molecule has 0 spiro atoms. The van der Waals surface area contributed by atoms with Crippen LogP contribution in [0.5, 0.6) is 0 Å². The largest absolute Gasteiger partial charge is 0.342 e. The van der Waals surface area contributed by atoms with Gasteiger partial charge in [0.1, 0.15) is 0 Å². The molecular formula is C18H29N3O2. The van der Waals surface area contributed by atoms with Crippen LogP contribution in [0.15, 0.2) is 0 Å². The van der Waals surface area contributed by atoms with Crippen molar-refractivity contribution < 1.29 is 9.59 Å². The molecule has 1 saturated carbocycles. The number of hydrogen-bond donors (Lipinski definition) is 1. The molecule has 4 aliphatic rings. The maximum Gasteiger partial charge on any atom is 0.227 e. The number of carbonyl (C=O) groups excluding carboxylic acids is 2. The van der Waals surface area contributed by atoms with Crippen LogP contribution in [0.2, 0.25) is 0 Å². The molecule has 1 unspecified atom stereocenters. The molecule has 0 aromatic rings. The quantitative estimate of drug-likeness (QED) is 0.833. The molecule has 3 atom stereocenters. The Kier molecular flexibility index (Phi) is 4.31. The van der Waals surface area contributed by atoms with Gasteiger partial charge < -0.3 is 15.1 Å². The lowest BCUT2D eigenvalue weighted by molar-refractivity contribution is -0.135. The Labute approximate surface area is 138 Å². The maximum atomic E-state index is 12.9. The SMILES string of the molecule is O=C(C1CC(=O)N(C2CCCC2)C1)N1CC[C@@H]2CNC[C@@H]2CC1. The van der Waals surface area contributed by atoms with E-state index >= 15 is 0 Å². The second-order valence-electron chi connectivity index (χ2n) is 7.97. The minimum Gasteiger partial charge on any atom is -0.342 e. The topological polar surface area (TPSA) is 52.7 Å². The zero-order chi connectivity index (χ0) is 15.8. The van der Waals surface area contributed by atoms with E-state index in [-0.39, 0.29) is 17.7 Å². The summed E-state index contributed by atoms with van der Waals surface area (Å²) in [5.41, 5.74) is 0. The number of hydrogen-bond acceptors (Lipinski definition) is 3. The molecule has 3 saturated heterocycles. The fourth-order valence-corrected chi connectivity index (χ4v) is 5.16. The molecule has 3 aliphatic heterocycles. The van der Waals surface area contributed by atoms with Gasteiger partial charge in [-0.2, -0.15) is 0 Å². The predicted molar refractivity (Wildman–Crippen MR) is 87.7 cm³/mol. The molecule has 128 valence electrons. The zero-order valence-corrected chi connectivity index (χ0v) is 14.0. The van der Waals surface area contributed by atoms with Crippen LogP contribution in [0.4, 0.5) is 0 Å². The Balaban J connectivity index is 1.36. The molecule has 4 fully saturated rings. The van der Waals surface area contributed by atoms with E-state index in [1.54, 1.807) is 0 Å². The third-order valence-electron chi connectivity index (χ3n) is 6.60. The minimum atomic E-state index is -0.0841. The third kappa shape index (κ3) is 3.00. The van der Waals surface area contributed by atoms with Gasteiger partial charge in [0.05, 0.1) is 5.92 Å². The first-order valence-corrected chi connectivity index (χ1v) is 9.51. The van der Waals surface area contributed by atoms with Gasteiger partial charge in [-0.1, -0.05) is 12.8 Å². The summed E-state index contributed by atoms with van der Waals surface area (Å²) in [6.45, 7) is 4.67. The van der Waals surface area contributed by atoms with E-state index in [1.807, 2.05) is 4.90 Å². The molecule has 5 heteroatoms. The maximum absolute atomic E-state index is 12.9. The van der Waals surface area contributed by atoms with Crippen LogP contribution < -0.4 is 5.32 Å². The average molecular weight is 319 g/mol. The Morgan fingerprint density at radius 1 is 1.00 bits per heavy atom. The van der Waals surface area contributed by atoms with Crippen molar-refractivity contribution in [3.8, 4) is 0 Å². The number of nitrogens with zero attached hydrogens (tertiary/aromatic N) is 2. The Morgan fingerprint density at radius 3 is 2.30 bits per heavy atom. The smallest absolute Gasteiger partial charge is 0.227 e. The molecule has 0 radical (unpaired) electrons. The highest BCUT2D eigenvalue weighted by atomic mass is 16.2. The van der Waals surface area contributed by atoms with Crippen molar-refractivity contribution in [1.82, 2.24) is 15.1 Å². The van der Waals surface area contributed by atoms with Crippen molar-refractivity contribution in [1.29, 1.82) is 0 Å². The Morgan fingerprint density at radius 2 is 1.65 bits per heavy atom. The van der Waals surface area contributed by atoms with E-state index in [0.29, 0.717) is 19.0 Å². The first kappa shape index (κ1) is 15.4. The summed E-state index contributed by atoms with van der Waals surface area (Å²) in [6.07, 6.45) is 7.42. The van der Waals surface area contributed by atoms with Crippen LogP contribution in [-0.4, -0.2) is 60.4 Å². The van der Waals surface area contributed by atoms with Crippen molar-refractivity contribution in [2.45, 2.75) is 51.0 Å². The van der Waals surface area contributed by atoms with E-state index in [0.717, 1.165) is 63.7 Å². The standard InChI is InChI=1S/C18H29N3O2/c22-17-9-15(12-21(17)16-3-1-2-4-16)18(23)20-7-5-13-10-19-11-14(13)6-8-20/h13-16,19H,1-12H2/t13-,14+,15?. The molecule has 4 rings (SSSR count). The van der Waals surface area contributed by atoms with Gasteiger partial charge in [-0.3, -0.25) is 9.59 Å². The predicted octanol–water partition coefficient (Wildman–Crippen LogP) is 1.24. The first-order valence-electron chi connectivity index (χ1n) is 9.51. The lowest BCUT2D eigenvalue weighted by Crippen LogP contribution is -2.39. The van der Waals surface area contributed by atoms with Crippen LogP contribution in [0.1, 0.15) is 44.9 Å². The van der Waals surface area contributed by atoms with E-state index in [1.165, 1.54) is 12.8 Å². The van der Waals surface area contributed by atoms with Gasteiger partial charge in [-0.25, -0.2) is 0 Å². The number of amides is 2. The molecule has 0 bridgehead atoms. The summed E-state index contributed by atoms with van der Waals surface area (Å²) in [4.78, 5) is 29.3. The summed E-state index contributed by atoms with van der Waals surface area (Å²) in [5, 5.41) is 3.48. The van der Waals surface area contributed by atoms with Crippen molar-refractivity contribution in [3.05, 3.63) is 0 Å². The van der Waals surface area contributed by atoms with Gasteiger partial charge in [0.2, 0.25) is 11.8 Å². The first-order chi connectivity index (χ1) is 11.2. The lowest BCUT2D eigenvalue weighted by Gasteiger charge is -2.26. The van der Waals surface area contributed by atoms with Crippen LogP contribution in [0.3, 0.4) is 0 Å². The van der Waals surface area contributed by atoms with Crippen molar-refractivity contribution in [3.63, 3.8) is 0 Å². The highest BCUT2D eigenvalue weighted by molar-refractivity contribution is 5.89. The molecule has 2 amide bonds. The van der Waals surface area contributed by atoms with E-state index in [4.69, 9.17) is 0 Å². The summed E-state index contributed by atoms with van der Waals surface area (Å²) >= 11 is 0. The Bertz CT molecular complexity index is 461. The fraction of sp³-hybridized carbons (Fsp3) is 0.889. The number of carbonyl (C=O) groups is 2. The van der Waals surface area contributed by atoms with Crippen LogP contribution in [-0.2, 0) is 9.59 Å². The van der Waals surface area contributed by atoms with Gasteiger partial charge in [0.15, 0.2) is 0 Å². The van der Waals surface area contributed by atoms with Gasteiger partial charge in [0.25, 0.3) is 0 Å². The molecular weight excluding hydrogens is 290 g/mol. The molecule has 0 aromatic carbocycles. The number of rotatable bonds is 2. The van der Waals surface area contributed by atoms with Gasteiger partial charge in [-0.15, -0.1) is 0 Å². The second kappa shape index (κ2) is 6.42. The average Bonchev–Trinajstić information content (AvgIpc) is 3.26. The lowest BCUT2D eigenvalue weighted by atomic mass is 9.92. The second-order valence-corrected chi connectivity index (χ2v) is 7.97. The normalized spacial score (nSPS) is 35.7. The number of likely N-dealkylation sites (tertiary alicyclic amines) is 2. The third-order valence-corrected chi connectivity index (χ3v) is 6.60. The summed E-state index contributed by atoms with van der Waals surface area (Å²) in [6, 6.07) is 0.412. The van der Waals surface area contributed by atoms with Crippen molar-refractivity contribution >= 4 is 11.8 Å². The van der Waals surface area contributed by atoms with Crippen molar-refractivity contribution in [2.75, 3.05) is 32.7 Å². The van der Waals surface area contributed by atoms with E-state index in [2.05, 4.69) is 10.2 Å². The summed E-state index contributed by atoms with van der Waals surface area (Å²) in [5.74, 6) is 1.86. The zero-order valence-electron chi connectivity index (χ0n) is 14.0. The van der Waals surface area contributed by atoms with Crippen LogP contribution >= 0.6 is 0 Å². The molecule has 5 nitrogen and oxygen atoms in total. The number of nitrogens with one attached hydrogen (secondary N) is 1. The van der Waals surface area contributed by atoms with E-state index < -0.39 is 0 Å². The molecule has 3 heterocycles. The minimum absolute atomic E-state index is 0.0841. The van der Waals surface area contributed by atoms with E-state index in [9.17, 15) is 9.59 Å². The van der Waals surface area contributed by atoms with Gasteiger partial charge in [-0.05, 0) is 50.6 Å². The molecule has 23 heavy (non-hydrogen) atoms. The monoisotopic (exact) mass is 319 g/mol. The molecule has 0 aromatic heterocycles. The summed E-state index contributed by atoms with van der Waals surface area (Å²) < 4.78 is 0. The van der Waals surface area contributed by atoms with Gasteiger partial charge in [0, 0.05) is 32.1 Å². The van der Waals surface area contributed by atoms with Crippen LogP contribution in [0, 0.1) is 17.8 Å². The summed E-state index contributed by atoms with van der Waals surface area (Å²) in [7, 11) is 0.